The normalized spacial score (nSPS) is 11.2. The van der Waals surface area contributed by atoms with Crippen molar-refractivity contribution in [2.45, 2.75) is 6.92 Å². The third-order valence-corrected chi connectivity index (χ3v) is 5.84. The third-order valence-electron chi connectivity index (χ3n) is 5.30. The average molecular weight is 445 g/mol. The zero-order chi connectivity index (χ0) is 21.7. The van der Waals surface area contributed by atoms with Gasteiger partial charge in [-0.05, 0) is 54.4 Å². The van der Waals surface area contributed by atoms with Crippen LogP contribution in [0.1, 0.15) is 11.3 Å². The van der Waals surface area contributed by atoms with Crippen molar-refractivity contribution < 1.29 is 0 Å². The summed E-state index contributed by atoms with van der Waals surface area (Å²) in [6.07, 6.45) is 0. The standard InChI is InChI=1S/C24H14Cl2N4O/c1-13-22(18-9-7-17(25)11-20(18)26)23-28-21-10-16(15-4-2-14(12-27)3-5-15)6-8-19(21)24(31)30(23)29-13/h2-11,29H,1H3. The van der Waals surface area contributed by atoms with Crippen LogP contribution in [-0.4, -0.2) is 14.6 Å². The molecule has 5 nitrogen and oxygen atoms in total. The Morgan fingerprint density at radius 3 is 2.45 bits per heavy atom. The van der Waals surface area contributed by atoms with Gasteiger partial charge in [0, 0.05) is 21.8 Å². The quantitative estimate of drug-likeness (QED) is 0.362. The number of hydrogen-bond acceptors (Lipinski definition) is 3. The molecule has 0 saturated heterocycles. The summed E-state index contributed by atoms with van der Waals surface area (Å²) in [5.74, 6) is 0. The molecule has 0 bridgehead atoms. The molecule has 0 fully saturated rings. The van der Waals surface area contributed by atoms with Crippen LogP contribution in [0.4, 0.5) is 0 Å². The van der Waals surface area contributed by atoms with E-state index in [4.69, 9.17) is 33.4 Å². The molecular formula is C24H14Cl2N4O. The topological polar surface area (TPSA) is 73.9 Å². The highest BCUT2D eigenvalue weighted by atomic mass is 35.5. The molecule has 0 aliphatic heterocycles. The number of nitrogens with zero attached hydrogens (tertiary/aromatic N) is 3. The first kappa shape index (κ1) is 19.4. The van der Waals surface area contributed by atoms with E-state index in [2.05, 4.69) is 11.2 Å². The second-order valence-corrected chi connectivity index (χ2v) is 8.08. The van der Waals surface area contributed by atoms with Crippen molar-refractivity contribution in [3.8, 4) is 28.3 Å². The Morgan fingerprint density at radius 2 is 1.74 bits per heavy atom. The molecule has 0 radical (unpaired) electrons. The predicted octanol–water partition coefficient (Wildman–Crippen LogP) is 6.00. The summed E-state index contributed by atoms with van der Waals surface area (Å²) in [7, 11) is 0. The SMILES string of the molecule is Cc1[nH]n2c(=O)c3ccc(-c4ccc(C#N)cc4)cc3nc2c1-c1ccc(Cl)cc1Cl. The number of halogens is 2. The summed E-state index contributed by atoms with van der Waals surface area (Å²) in [5.41, 5.74) is 5.60. The van der Waals surface area contributed by atoms with E-state index in [0.717, 1.165) is 27.9 Å². The Kier molecular flexibility index (Phi) is 4.55. The van der Waals surface area contributed by atoms with Crippen molar-refractivity contribution in [3.05, 3.63) is 92.3 Å². The summed E-state index contributed by atoms with van der Waals surface area (Å²) in [5, 5.41) is 13.6. The van der Waals surface area contributed by atoms with Crippen molar-refractivity contribution >= 4 is 39.8 Å². The monoisotopic (exact) mass is 444 g/mol. The number of aromatic amines is 1. The highest BCUT2D eigenvalue weighted by Crippen LogP contribution is 2.35. The van der Waals surface area contributed by atoms with E-state index < -0.39 is 0 Å². The summed E-state index contributed by atoms with van der Waals surface area (Å²) in [6, 6.07) is 20.2. The van der Waals surface area contributed by atoms with E-state index in [1.807, 2.05) is 37.3 Å². The Labute approximate surface area is 187 Å². The van der Waals surface area contributed by atoms with Crippen LogP contribution in [-0.2, 0) is 0 Å². The summed E-state index contributed by atoms with van der Waals surface area (Å²) >= 11 is 12.5. The number of aryl methyl sites for hydroxylation is 1. The third kappa shape index (κ3) is 3.17. The largest absolute Gasteiger partial charge is 0.293 e. The molecule has 0 atom stereocenters. The molecule has 0 aliphatic rings. The minimum Gasteiger partial charge on any atom is -0.293 e. The van der Waals surface area contributed by atoms with Crippen molar-refractivity contribution in [1.29, 1.82) is 5.26 Å². The van der Waals surface area contributed by atoms with Gasteiger partial charge in [-0.3, -0.25) is 9.89 Å². The second-order valence-electron chi connectivity index (χ2n) is 7.23. The van der Waals surface area contributed by atoms with E-state index in [9.17, 15) is 4.79 Å². The first-order valence-corrected chi connectivity index (χ1v) is 10.2. The minimum atomic E-state index is -0.189. The molecule has 2 heterocycles. The number of rotatable bonds is 2. The van der Waals surface area contributed by atoms with Crippen LogP contribution >= 0.6 is 23.2 Å². The van der Waals surface area contributed by atoms with Gasteiger partial charge in [-0.15, -0.1) is 0 Å². The van der Waals surface area contributed by atoms with Gasteiger partial charge < -0.3 is 0 Å². The first-order chi connectivity index (χ1) is 15.0. The van der Waals surface area contributed by atoms with Crippen LogP contribution < -0.4 is 5.56 Å². The molecule has 5 rings (SSSR count). The Balaban J connectivity index is 1.76. The lowest BCUT2D eigenvalue weighted by molar-refractivity contribution is 0.895. The van der Waals surface area contributed by atoms with Crippen LogP contribution in [0, 0.1) is 18.3 Å². The molecule has 31 heavy (non-hydrogen) atoms. The molecule has 3 aromatic carbocycles. The molecule has 150 valence electrons. The van der Waals surface area contributed by atoms with Crippen molar-refractivity contribution in [2.24, 2.45) is 0 Å². The van der Waals surface area contributed by atoms with Crippen molar-refractivity contribution in [1.82, 2.24) is 14.6 Å². The summed E-state index contributed by atoms with van der Waals surface area (Å²) in [4.78, 5) is 18.0. The summed E-state index contributed by atoms with van der Waals surface area (Å²) < 4.78 is 1.44. The Bertz CT molecular complexity index is 1590. The van der Waals surface area contributed by atoms with Gasteiger partial charge in [0.2, 0.25) is 0 Å². The van der Waals surface area contributed by atoms with Gasteiger partial charge in [0.25, 0.3) is 5.56 Å². The smallest absolute Gasteiger partial charge is 0.280 e. The number of H-pyrrole nitrogens is 1. The maximum atomic E-state index is 13.2. The van der Waals surface area contributed by atoms with Gasteiger partial charge in [-0.2, -0.15) is 5.26 Å². The lowest BCUT2D eigenvalue weighted by atomic mass is 10.0. The van der Waals surface area contributed by atoms with Gasteiger partial charge in [-0.1, -0.05) is 47.5 Å². The molecule has 0 saturated carbocycles. The fourth-order valence-electron chi connectivity index (χ4n) is 3.78. The fraction of sp³-hybridized carbons (Fsp3) is 0.0417. The number of benzene rings is 3. The van der Waals surface area contributed by atoms with Crippen LogP contribution in [0.3, 0.4) is 0 Å². The Hall–Kier alpha value is -3.59. The van der Waals surface area contributed by atoms with E-state index >= 15 is 0 Å². The number of nitriles is 1. The van der Waals surface area contributed by atoms with Crippen molar-refractivity contribution in [3.63, 3.8) is 0 Å². The van der Waals surface area contributed by atoms with Gasteiger partial charge >= 0.3 is 0 Å². The lowest BCUT2D eigenvalue weighted by Crippen LogP contribution is -2.15. The number of fused-ring (bicyclic) bond motifs is 2. The fourth-order valence-corrected chi connectivity index (χ4v) is 4.28. The average Bonchev–Trinajstić information content (AvgIpc) is 3.10. The van der Waals surface area contributed by atoms with E-state index in [0.29, 0.717) is 32.2 Å². The molecule has 0 aliphatic carbocycles. The number of hydrogen-bond donors (Lipinski definition) is 1. The summed E-state index contributed by atoms with van der Waals surface area (Å²) in [6.45, 7) is 1.88. The first-order valence-electron chi connectivity index (χ1n) is 9.47. The molecule has 1 N–H and O–H groups in total. The van der Waals surface area contributed by atoms with Crippen molar-refractivity contribution in [2.75, 3.05) is 0 Å². The Morgan fingerprint density at radius 1 is 1.00 bits per heavy atom. The molecule has 5 aromatic rings. The molecule has 0 unspecified atom stereocenters. The van der Waals surface area contributed by atoms with Crippen LogP contribution in [0.15, 0.2) is 65.5 Å². The van der Waals surface area contributed by atoms with Crippen LogP contribution in [0.5, 0.6) is 0 Å². The molecule has 0 amide bonds. The molecule has 7 heteroatoms. The second kappa shape index (κ2) is 7.28. The van der Waals surface area contributed by atoms with Gasteiger partial charge in [0.15, 0.2) is 5.65 Å². The zero-order valence-corrected chi connectivity index (χ0v) is 17.8. The maximum Gasteiger partial charge on any atom is 0.280 e. The highest BCUT2D eigenvalue weighted by molar-refractivity contribution is 6.36. The predicted molar refractivity (Wildman–Crippen MR) is 124 cm³/mol. The molecular weight excluding hydrogens is 431 g/mol. The van der Waals surface area contributed by atoms with Gasteiger partial charge in [-0.25, -0.2) is 9.50 Å². The van der Waals surface area contributed by atoms with Gasteiger partial charge in [0.05, 0.1) is 27.6 Å². The van der Waals surface area contributed by atoms with Gasteiger partial charge in [0.1, 0.15) is 0 Å². The molecule has 0 spiro atoms. The van der Waals surface area contributed by atoms with E-state index in [1.54, 1.807) is 30.3 Å². The molecule has 2 aromatic heterocycles. The maximum absolute atomic E-state index is 13.2. The lowest BCUT2D eigenvalue weighted by Gasteiger charge is -2.06. The number of aromatic nitrogens is 3. The highest BCUT2D eigenvalue weighted by Gasteiger charge is 2.18. The van der Waals surface area contributed by atoms with E-state index in [-0.39, 0.29) is 5.56 Å². The van der Waals surface area contributed by atoms with E-state index in [1.165, 1.54) is 4.52 Å². The van der Waals surface area contributed by atoms with Crippen LogP contribution in [0.2, 0.25) is 10.0 Å². The van der Waals surface area contributed by atoms with Crippen LogP contribution in [0.25, 0.3) is 38.8 Å². The number of nitrogens with one attached hydrogen (secondary N) is 1. The zero-order valence-electron chi connectivity index (χ0n) is 16.3. The minimum absolute atomic E-state index is 0.189.